The quantitative estimate of drug-likeness (QED) is 0.320. The predicted octanol–water partition coefficient (Wildman–Crippen LogP) is 5.22. The Morgan fingerprint density at radius 1 is 1.11 bits per heavy atom. The van der Waals surface area contributed by atoms with Gasteiger partial charge in [-0.2, -0.15) is 15.2 Å². The normalized spacial score (nSPS) is 20.5. The monoisotopic (exact) mass is 613 g/mol. The highest BCUT2D eigenvalue weighted by molar-refractivity contribution is 6.36. The predicted molar refractivity (Wildman–Crippen MR) is 174 cm³/mol. The van der Waals surface area contributed by atoms with Gasteiger partial charge in [0.05, 0.1) is 35.8 Å². The maximum atomic E-state index is 13.1. The van der Waals surface area contributed by atoms with Crippen molar-refractivity contribution in [3.8, 4) is 12.1 Å². The number of carbonyl (C=O) groups is 1. The summed E-state index contributed by atoms with van der Waals surface area (Å²) in [6, 6.07) is 15.1. The number of hydrogen-bond acceptors (Lipinski definition) is 8. The minimum Gasteiger partial charge on any atom is -0.462 e. The molecule has 2 saturated heterocycles. The minimum absolute atomic E-state index is 0.0637. The number of rotatable bonds is 8. The summed E-state index contributed by atoms with van der Waals surface area (Å²) in [5, 5.41) is 12.5. The van der Waals surface area contributed by atoms with E-state index in [0.29, 0.717) is 56.8 Å². The van der Waals surface area contributed by atoms with Crippen LogP contribution >= 0.6 is 11.6 Å². The summed E-state index contributed by atoms with van der Waals surface area (Å²) in [5.74, 6) is 0.788. The second-order valence-corrected chi connectivity index (χ2v) is 12.5. The van der Waals surface area contributed by atoms with E-state index in [4.69, 9.17) is 26.3 Å². The Morgan fingerprint density at radius 2 is 1.93 bits per heavy atom. The van der Waals surface area contributed by atoms with Crippen molar-refractivity contribution in [3.63, 3.8) is 0 Å². The average Bonchev–Trinajstić information content (AvgIpc) is 3.46. The number of carbonyl (C=O) groups excluding carboxylic acids is 1. The maximum Gasteiger partial charge on any atom is 0.318 e. The molecule has 1 aromatic heterocycles. The van der Waals surface area contributed by atoms with Crippen LogP contribution in [0.1, 0.15) is 43.9 Å². The number of aromatic nitrogens is 2. The van der Waals surface area contributed by atoms with Crippen molar-refractivity contribution < 1.29 is 9.53 Å². The zero-order chi connectivity index (χ0) is 30.8. The molecule has 4 heterocycles. The van der Waals surface area contributed by atoms with E-state index in [2.05, 4.69) is 58.7 Å². The Labute approximate surface area is 264 Å². The minimum atomic E-state index is -0.246. The molecule has 2 fully saturated rings. The fraction of sp³-hybridized carbons (Fsp3) is 0.471. The van der Waals surface area contributed by atoms with E-state index >= 15 is 0 Å². The van der Waals surface area contributed by atoms with Gasteiger partial charge in [-0.1, -0.05) is 49.4 Å². The number of anilines is 2. The fourth-order valence-electron chi connectivity index (χ4n) is 6.77. The first kappa shape index (κ1) is 30.2. The average molecular weight is 614 g/mol. The maximum absolute atomic E-state index is 13.1. The molecule has 2 atom stereocenters. The molecule has 0 saturated carbocycles. The second kappa shape index (κ2) is 13.0. The molecule has 6 rings (SSSR count). The molecule has 3 aliphatic heterocycles. The lowest BCUT2D eigenvalue weighted by Crippen LogP contribution is -2.56. The smallest absolute Gasteiger partial charge is 0.318 e. The second-order valence-electron chi connectivity index (χ2n) is 12.0. The molecule has 0 spiro atoms. The molecular weight excluding hydrogens is 574 g/mol. The number of nitrogens with zero attached hydrogens (tertiary/aromatic N) is 7. The van der Waals surface area contributed by atoms with Gasteiger partial charge in [-0.25, -0.2) is 0 Å². The van der Waals surface area contributed by atoms with E-state index in [0.717, 1.165) is 70.9 Å². The van der Waals surface area contributed by atoms with E-state index in [1.54, 1.807) is 0 Å². The highest BCUT2D eigenvalue weighted by Gasteiger charge is 2.34. The van der Waals surface area contributed by atoms with E-state index < -0.39 is 0 Å². The number of ether oxygens (including phenoxy) is 1. The number of likely N-dealkylation sites (tertiary alicyclic amines) is 1. The van der Waals surface area contributed by atoms with E-state index in [-0.39, 0.29) is 18.4 Å². The molecule has 0 radical (unpaired) electrons. The molecule has 10 heteroatoms. The number of amides is 1. The van der Waals surface area contributed by atoms with Crippen LogP contribution in [-0.2, 0) is 17.8 Å². The van der Waals surface area contributed by atoms with Crippen LogP contribution in [0.4, 0.5) is 11.5 Å². The van der Waals surface area contributed by atoms with Gasteiger partial charge in [-0.15, -0.1) is 0 Å². The summed E-state index contributed by atoms with van der Waals surface area (Å²) < 4.78 is 6.31. The van der Waals surface area contributed by atoms with Crippen LogP contribution in [0.5, 0.6) is 6.01 Å². The van der Waals surface area contributed by atoms with Crippen molar-refractivity contribution in [1.82, 2.24) is 19.8 Å². The van der Waals surface area contributed by atoms with Crippen molar-refractivity contribution in [1.29, 1.82) is 5.26 Å². The summed E-state index contributed by atoms with van der Waals surface area (Å²) in [6.45, 7) is 10.5. The molecule has 44 heavy (non-hydrogen) atoms. The molecule has 0 unspecified atom stereocenters. The van der Waals surface area contributed by atoms with Crippen molar-refractivity contribution in [2.45, 2.75) is 57.7 Å². The number of likely N-dealkylation sites (N-methyl/N-ethyl adjacent to an activating group) is 1. The summed E-state index contributed by atoms with van der Waals surface area (Å²) in [6.07, 6.45) is 3.86. The Hall–Kier alpha value is -3.87. The van der Waals surface area contributed by atoms with Crippen molar-refractivity contribution in [3.05, 3.63) is 64.8 Å². The van der Waals surface area contributed by atoms with Gasteiger partial charge < -0.3 is 24.3 Å². The zero-order valence-electron chi connectivity index (χ0n) is 25.6. The van der Waals surface area contributed by atoms with Crippen molar-refractivity contribution in [2.75, 3.05) is 56.2 Å². The lowest BCUT2D eigenvalue weighted by Gasteiger charge is -2.42. The first-order valence-corrected chi connectivity index (χ1v) is 16.0. The number of halogens is 1. The number of fused-ring (bicyclic) bond motifs is 2. The Balaban J connectivity index is 1.33. The van der Waals surface area contributed by atoms with Crippen LogP contribution in [-0.4, -0.2) is 84.1 Å². The Bertz CT molecular complexity index is 1600. The van der Waals surface area contributed by atoms with Crippen LogP contribution < -0.4 is 14.5 Å². The van der Waals surface area contributed by atoms with Gasteiger partial charge in [0.25, 0.3) is 0 Å². The van der Waals surface area contributed by atoms with Crippen LogP contribution in [0, 0.1) is 11.3 Å². The Kier molecular flexibility index (Phi) is 8.92. The summed E-state index contributed by atoms with van der Waals surface area (Å²) in [4.78, 5) is 31.8. The van der Waals surface area contributed by atoms with Crippen molar-refractivity contribution >= 4 is 39.8 Å². The third-order valence-electron chi connectivity index (χ3n) is 9.37. The molecule has 9 nitrogen and oxygen atoms in total. The number of piperazine rings is 1. The molecule has 230 valence electrons. The third kappa shape index (κ3) is 5.93. The lowest BCUT2D eigenvalue weighted by molar-refractivity contribution is -0.129. The van der Waals surface area contributed by atoms with Gasteiger partial charge in [0.2, 0.25) is 5.91 Å². The van der Waals surface area contributed by atoms with Gasteiger partial charge in [0.1, 0.15) is 12.4 Å². The summed E-state index contributed by atoms with van der Waals surface area (Å²) in [5.41, 5.74) is 3.70. The van der Waals surface area contributed by atoms with Gasteiger partial charge >= 0.3 is 6.01 Å². The largest absolute Gasteiger partial charge is 0.462 e. The summed E-state index contributed by atoms with van der Waals surface area (Å²) in [7, 11) is 2.14. The van der Waals surface area contributed by atoms with E-state index in [1.807, 2.05) is 24.0 Å². The first-order chi connectivity index (χ1) is 21.4. The SMILES string of the molecule is C=C(CC)C(=O)N1CCN(c2nc(OC[C@@H]3CCCN3C)nc3c2CCN(c2cccc4cccc(Cl)c24)C3)C[C@@H]1CC#N. The lowest BCUT2D eigenvalue weighted by atomic mass is 10.0. The van der Waals surface area contributed by atoms with Gasteiger partial charge in [-0.05, 0) is 56.8 Å². The van der Waals surface area contributed by atoms with E-state index in [9.17, 15) is 10.1 Å². The topological polar surface area (TPSA) is 88.8 Å². The van der Waals surface area contributed by atoms with Crippen LogP contribution in [0.25, 0.3) is 10.8 Å². The molecule has 3 aliphatic rings. The molecule has 0 bridgehead atoms. The molecule has 0 aliphatic carbocycles. The fourth-order valence-corrected chi connectivity index (χ4v) is 7.05. The third-order valence-corrected chi connectivity index (χ3v) is 9.69. The number of benzene rings is 2. The van der Waals surface area contributed by atoms with Gasteiger partial charge in [0, 0.05) is 54.4 Å². The standard InChI is InChI=1S/C34H40ClN7O2/c1-4-23(2)33(43)42-19-18-41(20-25(42)13-15-36)32-27-14-17-40(30-12-6-9-24-8-5-11-28(35)31(24)30)21-29(27)37-34(38-32)44-22-26-10-7-16-39(26)3/h5-6,8-9,11-12,25-26H,2,4,7,10,13-14,16-22H2,1,3H3/t25-,26-/m0/s1. The van der Waals surface area contributed by atoms with Gasteiger partial charge in [0.15, 0.2) is 0 Å². The van der Waals surface area contributed by atoms with Crippen LogP contribution in [0.3, 0.4) is 0 Å². The molecule has 1 amide bonds. The van der Waals surface area contributed by atoms with E-state index in [1.165, 1.54) is 0 Å². The molecule has 0 N–H and O–H groups in total. The molecule has 2 aromatic carbocycles. The molecular formula is C34H40ClN7O2. The zero-order valence-corrected chi connectivity index (χ0v) is 26.4. The molecule has 3 aromatic rings. The van der Waals surface area contributed by atoms with Crippen molar-refractivity contribution in [2.24, 2.45) is 0 Å². The summed E-state index contributed by atoms with van der Waals surface area (Å²) >= 11 is 6.71. The number of nitriles is 1. The van der Waals surface area contributed by atoms with Gasteiger partial charge in [-0.3, -0.25) is 4.79 Å². The number of hydrogen-bond donors (Lipinski definition) is 0. The highest BCUT2D eigenvalue weighted by Crippen LogP contribution is 2.37. The Morgan fingerprint density at radius 3 is 2.68 bits per heavy atom. The van der Waals surface area contributed by atoms with Crippen LogP contribution in [0.15, 0.2) is 48.6 Å². The van der Waals surface area contributed by atoms with Crippen LogP contribution in [0.2, 0.25) is 5.02 Å². The first-order valence-electron chi connectivity index (χ1n) is 15.6. The highest BCUT2D eigenvalue weighted by atomic mass is 35.5.